The standard InChI is InChI=1S/C20H21NO5/c1-24-17-9-8-13(10-18(17)25-2)20(23)21-12-14(11-19(22)26-3)15-6-4-5-7-16(15)21/h4-10,14H,11-12H2,1-3H3. The zero-order valence-electron chi connectivity index (χ0n) is 15.0. The lowest BCUT2D eigenvalue weighted by Gasteiger charge is -2.19. The maximum absolute atomic E-state index is 13.1. The molecule has 1 aliphatic rings. The fourth-order valence-electron chi connectivity index (χ4n) is 3.27. The highest BCUT2D eigenvalue weighted by Gasteiger charge is 2.34. The second-order valence-corrected chi connectivity index (χ2v) is 6.02. The van der Waals surface area contributed by atoms with Crippen LogP contribution < -0.4 is 14.4 Å². The van der Waals surface area contributed by atoms with Crippen molar-refractivity contribution in [3.05, 3.63) is 53.6 Å². The van der Waals surface area contributed by atoms with E-state index in [0.717, 1.165) is 11.3 Å². The number of anilines is 1. The second kappa shape index (κ2) is 7.47. The van der Waals surface area contributed by atoms with E-state index in [1.165, 1.54) is 14.2 Å². The Balaban J connectivity index is 1.92. The van der Waals surface area contributed by atoms with Crippen LogP contribution in [0.3, 0.4) is 0 Å². The van der Waals surface area contributed by atoms with Gasteiger partial charge in [0.2, 0.25) is 0 Å². The van der Waals surface area contributed by atoms with E-state index >= 15 is 0 Å². The van der Waals surface area contributed by atoms with Crippen LogP contribution in [0, 0.1) is 0 Å². The van der Waals surface area contributed by atoms with E-state index in [-0.39, 0.29) is 24.2 Å². The van der Waals surface area contributed by atoms with E-state index in [9.17, 15) is 9.59 Å². The predicted molar refractivity (Wildman–Crippen MR) is 97.0 cm³/mol. The predicted octanol–water partition coefficient (Wildman–Crippen LogP) is 3.01. The molecular formula is C20H21NO5. The second-order valence-electron chi connectivity index (χ2n) is 6.02. The normalized spacial score (nSPS) is 15.3. The van der Waals surface area contributed by atoms with Crippen LogP contribution in [0.15, 0.2) is 42.5 Å². The molecule has 3 rings (SSSR count). The van der Waals surface area contributed by atoms with Crippen molar-refractivity contribution in [3.8, 4) is 11.5 Å². The number of esters is 1. The van der Waals surface area contributed by atoms with Gasteiger partial charge in [0.25, 0.3) is 5.91 Å². The smallest absolute Gasteiger partial charge is 0.306 e. The van der Waals surface area contributed by atoms with Gasteiger partial charge in [0, 0.05) is 23.7 Å². The third-order valence-corrected chi connectivity index (χ3v) is 4.59. The van der Waals surface area contributed by atoms with Gasteiger partial charge in [0.15, 0.2) is 11.5 Å². The molecule has 0 N–H and O–H groups in total. The Morgan fingerprint density at radius 3 is 2.46 bits per heavy atom. The van der Waals surface area contributed by atoms with Crippen LogP contribution in [-0.4, -0.2) is 39.8 Å². The SMILES string of the molecule is COC(=O)CC1CN(C(=O)c2ccc(OC)c(OC)c2)c2ccccc21. The summed E-state index contributed by atoms with van der Waals surface area (Å²) in [4.78, 5) is 26.5. The summed E-state index contributed by atoms with van der Waals surface area (Å²) in [5, 5.41) is 0. The van der Waals surface area contributed by atoms with Gasteiger partial charge >= 0.3 is 5.97 Å². The Morgan fingerprint density at radius 1 is 1.04 bits per heavy atom. The number of para-hydroxylation sites is 1. The molecule has 0 saturated heterocycles. The molecular weight excluding hydrogens is 334 g/mol. The van der Waals surface area contributed by atoms with Crippen molar-refractivity contribution >= 4 is 17.6 Å². The van der Waals surface area contributed by atoms with Crippen molar-refractivity contribution in [2.75, 3.05) is 32.8 Å². The summed E-state index contributed by atoms with van der Waals surface area (Å²) in [6.07, 6.45) is 0.239. The third kappa shape index (κ3) is 3.22. The summed E-state index contributed by atoms with van der Waals surface area (Å²) in [6.45, 7) is 0.432. The number of nitrogens with zero attached hydrogens (tertiary/aromatic N) is 1. The molecule has 136 valence electrons. The number of methoxy groups -OCH3 is 3. The molecule has 6 heteroatoms. The highest BCUT2D eigenvalue weighted by atomic mass is 16.5. The number of amides is 1. The van der Waals surface area contributed by atoms with Crippen molar-refractivity contribution in [2.45, 2.75) is 12.3 Å². The minimum absolute atomic E-state index is 0.0808. The minimum atomic E-state index is -0.287. The Kier molecular flexibility index (Phi) is 5.11. The lowest BCUT2D eigenvalue weighted by molar-refractivity contribution is -0.141. The van der Waals surface area contributed by atoms with Crippen LogP contribution in [0.4, 0.5) is 5.69 Å². The monoisotopic (exact) mass is 355 g/mol. The fourth-order valence-corrected chi connectivity index (χ4v) is 3.27. The first kappa shape index (κ1) is 17.8. The molecule has 1 amide bonds. The molecule has 0 aliphatic carbocycles. The number of carbonyl (C=O) groups is 2. The molecule has 2 aromatic rings. The summed E-state index contributed by atoms with van der Waals surface area (Å²) >= 11 is 0. The number of rotatable bonds is 5. The number of hydrogen-bond donors (Lipinski definition) is 0. The average Bonchev–Trinajstić information content (AvgIpc) is 3.05. The van der Waals surface area contributed by atoms with Crippen LogP contribution in [0.25, 0.3) is 0 Å². The van der Waals surface area contributed by atoms with Gasteiger partial charge in [-0.1, -0.05) is 18.2 Å². The van der Waals surface area contributed by atoms with Crippen molar-refractivity contribution < 1.29 is 23.8 Å². The van der Waals surface area contributed by atoms with Crippen LogP contribution in [0.1, 0.15) is 28.3 Å². The molecule has 0 fully saturated rings. The van der Waals surface area contributed by atoms with E-state index in [0.29, 0.717) is 23.6 Å². The van der Waals surface area contributed by atoms with Crippen LogP contribution in [0.5, 0.6) is 11.5 Å². The number of fused-ring (bicyclic) bond motifs is 1. The lowest BCUT2D eigenvalue weighted by Crippen LogP contribution is -2.30. The molecule has 1 aliphatic heterocycles. The van der Waals surface area contributed by atoms with Gasteiger partial charge < -0.3 is 19.1 Å². The quantitative estimate of drug-likeness (QED) is 0.772. The minimum Gasteiger partial charge on any atom is -0.493 e. The van der Waals surface area contributed by atoms with Crippen molar-refractivity contribution in [1.82, 2.24) is 0 Å². The van der Waals surface area contributed by atoms with Gasteiger partial charge in [-0.2, -0.15) is 0 Å². The van der Waals surface area contributed by atoms with Gasteiger partial charge in [0.05, 0.1) is 27.8 Å². The molecule has 1 atom stereocenters. The molecule has 1 heterocycles. The van der Waals surface area contributed by atoms with Crippen LogP contribution in [-0.2, 0) is 9.53 Å². The van der Waals surface area contributed by atoms with Crippen molar-refractivity contribution in [2.24, 2.45) is 0 Å². The first-order valence-electron chi connectivity index (χ1n) is 8.28. The summed E-state index contributed by atoms with van der Waals surface area (Å²) in [5.41, 5.74) is 2.30. The summed E-state index contributed by atoms with van der Waals surface area (Å²) in [6, 6.07) is 12.7. The number of hydrogen-bond acceptors (Lipinski definition) is 5. The Bertz CT molecular complexity index is 833. The Labute approximate surface area is 152 Å². The van der Waals surface area contributed by atoms with E-state index < -0.39 is 0 Å². The fraction of sp³-hybridized carbons (Fsp3) is 0.300. The van der Waals surface area contributed by atoms with E-state index in [1.807, 2.05) is 24.3 Å². The summed E-state index contributed by atoms with van der Waals surface area (Å²) < 4.78 is 15.3. The highest BCUT2D eigenvalue weighted by molar-refractivity contribution is 6.08. The van der Waals surface area contributed by atoms with Gasteiger partial charge in [-0.15, -0.1) is 0 Å². The van der Waals surface area contributed by atoms with Gasteiger partial charge in [-0.3, -0.25) is 9.59 Å². The van der Waals surface area contributed by atoms with Crippen molar-refractivity contribution in [1.29, 1.82) is 0 Å². The lowest BCUT2D eigenvalue weighted by atomic mass is 9.98. The third-order valence-electron chi connectivity index (χ3n) is 4.59. The highest BCUT2D eigenvalue weighted by Crippen LogP contribution is 2.39. The number of benzene rings is 2. The Morgan fingerprint density at radius 2 is 1.77 bits per heavy atom. The first-order valence-corrected chi connectivity index (χ1v) is 8.28. The van der Waals surface area contributed by atoms with Crippen LogP contribution in [0.2, 0.25) is 0 Å². The van der Waals surface area contributed by atoms with Gasteiger partial charge in [-0.05, 0) is 29.8 Å². The largest absolute Gasteiger partial charge is 0.493 e. The molecule has 0 spiro atoms. The molecule has 0 aromatic heterocycles. The maximum Gasteiger partial charge on any atom is 0.306 e. The van der Waals surface area contributed by atoms with Crippen LogP contribution >= 0.6 is 0 Å². The summed E-state index contributed by atoms with van der Waals surface area (Å²) in [5.74, 6) is 0.546. The summed E-state index contributed by atoms with van der Waals surface area (Å²) in [7, 11) is 4.45. The average molecular weight is 355 g/mol. The molecule has 0 radical (unpaired) electrons. The zero-order valence-corrected chi connectivity index (χ0v) is 15.0. The molecule has 2 aromatic carbocycles. The number of carbonyl (C=O) groups excluding carboxylic acids is 2. The van der Waals surface area contributed by atoms with E-state index in [2.05, 4.69) is 0 Å². The first-order chi connectivity index (χ1) is 12.6. The van der Waals surface area contributed by atoms with Gasteiger partial charge in [-0.25, -0.2) is 0 Å². The molecule has 1 unspecified atom stereocenters. The maximum atomic E-state index is 13.1. The van der Waals surface area contributed by atoms with E-state index in [4.69, 9.17) is 14.2 Å². The molecule has 0 saturated carbocycles. The topological polar surface area (TPSA) is 65.1 Å². The molecule has 26 heavy (non-hydrogen) atoms. The van der Waals surface area contributed by atoms with E-state index in [1.54, 1.807) is 30.2 Å². The Hall–Kier alpha value is -3.02. The van der Waals surface area contributed by atoms with Crippen molar-refractivity contribution in [3.63, 3.8) is 0 Å². The molecule has 0 bridgehead atoms. The zero-order chi connectivity index (χ0) is 18.7. The number of ether oxygens (including phenoxy) is 3. The molecule has 6 nitrogen and oxygen atoms in total. The van der Waals surface area contributed by atoms with Gasteiger partial charge in [0.1, 0.15) is 0 Å².